The maximum atomic E-state index is 12.1. The van der Waals surface area contributed by atoms with Gasteiger partial charge in [-0.1, -0.05) is 61.9 Å². The van der Waals surface area contributed by atoms with Crippen molar-refractivity contribution in [1.82, 2.24) is 14.5 Å². The van der Waals surface area contributed by atoms with Crippen LogP contribution < -0.4 is 15.7 Å². The Morgan fingerprint density at radius 2 is 1.60 bits per heavy atom. The van der Waals surface area contributed by atoms with Gasteiger partial charge in [-0.15, -0.1) is 12.4 Å². The fourth-order valence-electron chi connectivity index (χ4n) is 4.31. The quantitative estimate of drug-likeness (QED) is 0.323. The number of hydrogen-bond acceptors (Lipinski definition) is 4. The summed E-state index contributed by atoms with van der Waals surface area (Å²) in [5, 5.41) is 14.3. The topological polar surface area (TPSA) is 68.4 Å². The third-order valence-electron chi connectivity index (χ3n) is 6.34. The Bertz CT molecular complexity index is 1280. The van der Waals surface area contributed by atoms with Gasteiger partial charge in [-0.05, 0) is 47.4 Å². The number of imidazole rings is 1. The van der Waals surface area contributed by atoms with E-state index in [2.05, 4.69) is 48.6 Å². The van der Waals surface area contributed by atoms with Crippen molar-refractivity contribution in [3.05, 3.63) is 100.0 Å². The van der Waals surface area contributed by atoms with Crippen LogP contribution in [0.4, 0.5) is 0 Å². The Morgan fingerprint density at radius 1 is 0.914 bits per heavy atom. The highest BCUT2D eigenvalue weighted by atomic mass is 35.5. The lowest BCUT2D eigenvalue weighted by atomic mass is 10.0. The van der Waals surface area contributed by atoms with Crippen molar-refractivity contribution in [2.75, 3.05) is 6.61 Å². The second-order valence-corrected chi connectivity index (χ2v) is 8.75. The summed E-state index contributed by atoms with van der Waals surface area (Å²) in [5.74, 6) is 0.712. The predicted molar refractivity (Wildman–Crippen MR) is 143 cm³/mol. The first kappa shape index (κ1) is 26.5. The van der Waals surface area contributed by atoms with Crippen molar-refractivity contribution in [1.29, 1.82) is 0 Å². The van der Waals surface area contributed by atoms with E-state index in [0.29, 0.717) is 11.8 Å². The number of ether oxygens (including phenoxy) is 1. The first-order valence-electron chi connectivity index (χ1n) is 11.8. The molecule has 1 heterocycles. The fourth-order valence-corrected chi connectivity index (χ4v) is 4.31. The van der Waals surface area contributed by atoms with Crippen LogP contribution in [0, 0.1) is 0 Å². The minimum atomic E-state index is -0.790. The Hall–Kier alpha value is -3.06. The number of aromatic nitrogens is 2. The third-order valence-corrected chi connectivity index (χ3v) is 6.34. The van der Waals surface area contributed by atoms with Crippen molar-refractivity contribution in [3.63, 3.8) is 0 Å². The van der Waals surface area contributed by atoms with E-state index in [9.17, 15) is 9.90 Å². The van der Waals surface area contributed by atoms with Crippen LogP contribution in [0.1, 0.15) is 48.6 Å². The molecular formula is C28H34ClN3O3. The zero-order valence-corrected chi connectivity index (χ0v) is 21.3. The molecule has 0 aliphatic carbocycles. The van der Waals surface area contributed by atoms with Crippen molar-refractivity contribution in [2.24, 2.45) is 14.1 Å². The summed E-state index contributed by atoms with van der Waals surface area (Å²) < 4.78 is 9.02. The highest BCUT2D eigenvalue weighted by Gasteiger charge is 2.14. The largest absolute Gasteiger partial charge is 0.491 e. The summed E-state index contributed by atoms with van der Waals surface area (Å²) in [6.45, 7) is 3.12. The molecule has 0 bridgehead atoms. The standard InChI is InChI=1S/C28H33N3O3.ClH/c1-4-8-24(21-9-6-5-7-10-21)29-18-20-11-14-23(15-12-20)34-19-27(32)22-13-16-25-26(17-22)31(3)28(33)30(25)2;/h5-7,9-17,24,27,29,32H,4,8,18-19H2,1-3H3;1H. The van der Waals surface area contributed by atoms with Gasteiger partial charge in [0.2, 0.25) is 0 Å². The summed E-state index contributed by atoms with van der Waals surface area (Å²) in [6.07, 6.45) is 1.42. The van der Waals surface area contributed by atoms with E-state index in [1.165, 1.54) is 11.1 Å². The number of nitrogens with zero attached hydrogens (tertiary/aromatic N) is 2. The van der Waals surface area contributed by atoms with Crippen molar-refractivity contribution < 1.29 is 9.84 Å². The summed E-state index contributed by atoms with van der Waals surface area (Å²) in [5.41, 5.74) is 4.75. The van der Waals surface area contributed by atoms with Gasteiger partial charge in [-0.3, -0.25) is 9.13 Å². The van der Waals surface area contributed by atoms with Crippen LogP contribution in [0.5, 0.6) is 5.75 Å². The molecule has 186 valence electrons. The number of aliphatic hydroxyl groups excluding tert-OH is 1. The molecule has 0 saturated heterocycles. The van der Waals surface area contributed by atoms with Crippen LogP contribution in [0.3, 0.4) is 0 Å². The summed E-state index contributed by atoms with van der Waals surface area (Å²) >= 11 is 0. The smallest absolute Gasteiger partial charge is 0.328 e. The molecule has 0 saturated carbocycles. The number of aliphatic hydroxyl groups is 1. The number of benzene rings is 3. The highest BCUT2D eigenvalue weighted by molar-refractivity contribution is 5.85. The van der Waals surface area contributed by atoms with E-state index in [1.54, 1.807) is 23.2 Å². The second kappa shape index (κ2) is 12.1. The molecule has 35 heavy (non-hydrogen) atoms. The average Bonchev–Trinajstić information content (AvgIpc) is 3.09. The average molecular weight is 496 g/mol. The molecule has 2 atom stereocenters. The van der Waals surface area contributed by atoms with Crippen LogP contribution in [0.15, 0.2) is 77.6 Å². The van der Waals surface area contributed by atoms with Crippen molar-refractivity contribution in [2.45, 2.75) is 38.5 Å². The van der Waals surface area contributed by atoms with Gasteiger partial charge in [0, 0.05) is 26.7 Å². The van der Waals surface area contributed by atoms with Crippen LogP contribution in [0.2, 0.25) is 0 Å². The van der Waals surface area contributed by atoms with Gasteiger partial charge in [-0.25, -0.2) is 4.79 Å². The number of nitrogens with one attached hydrogen (secondary N) is 1. The minimum Gasteiger partial charge on any atom is -0.491 e. The molecule has 6 nitrogen and oxygen atoms in total. The van der Waals surface area contributed by atoms with Crippen LogP contribution in [0.25, 0.3) is 11.0 Å². The van der Waals surface area contributed by atoms with Crippen LogP contribution >= 0.6 is 12.4 Å². The van der Waals surface area contributed by atoms with E-state index < -0.39 is 6.10 Å². The fraction of sp³-hybridized carbons (Fsp3) is 0.321. The summed E-state index contributed by atoms with van der Waals surface area (Å²) in [7, 11) is 3.48. The summed E-state index contributed by atoms with van der Waals surface area (Å²) in [4.78, 5) is 12.1. The van der Waals surface area contributed by atoms with Gasteiger partial charge in [-0.2, -0.15) is 0 Å². The molecule has 4 rings (SSSR count). The maximum absolute atomic E-state index is 12.1. The lowest BCUT2D eigenvalue weighted by Crippen LogP contribution is -2.20. The highest BCUT2D eigenvalue weighted by Crippen LogP contribution is 2.22. The lowest BCUT2D eigenvalue weighted by Gasteiger charge is -2.19. The normalized spacial score (nSPS) is 12.8. The molecule has 3 aromatic carbocycles. The molecule has 0 amide bonds. The van der Waals surface area contributed by atoms with Gasteiger partial charge in [0.1, 0.15) is 18.5 Å². The first-order chi connectivity index (χ1) is 16.5. The number of halogens is 1. The number of aryl methyl sites for hydroxylation is 2. The third kappa shape index (κ3) is 6.14. The van der Waals surface area contributed by atoms with Crippen LogP contribution in [-0.2, 0) is 20.6 Å². The molecule has 2 unspecified atom stereocenters. The Kier molecular flexibility index (Phi) is 9.15. The van der Waals surface area contributed by atoms with E-state index in [1.807, 2.05) is 36.4 Å². The van der Waals surface area contributed by atoms with E-state index in [-0.39, 0.29) is 24.7 Å². The van der Waals surface area contributed by atoms with Crippen molar-refractivity contribution in [3.8, 4) is 5.75 Å². The SMILES string of the molecule is CCCC(NCc1ccc(OCC(O)c2ccc3c(c2)n(C)c(=O)n3C)cc1)c1ccccc1.Cl. The van der Waals surface area contributed by atoms with Gasteiger partial charge >= 0.3 is 5.69 Å². The van der Waals surface area contributed by atoms with E-state index in [0.717, 1.165) is 36.0 Å². The van der Waals surface area contributed by atoms with Gasteiger partial charge < -0.3 is 15.2 Å². The molecule has 2 N–H and O–H groups in total. The lowest BCUT2D eigenvalue weighted by molar-refractivity contribution is 0.108. The summed E-state index contributed by atoms with van der Waals surface area (Å²) in [6, 6.07) is 24.4. The van der Waals surface area contributed by atoms with E-state index >= 15 is 0 Å². The van der Waals surface area contributed by atoms with Gasteiger partial charge in [0.25, 0.3) is 0 Å². The number of hydrogen-bond donors (Lipinski definition) is 2. The molecule has 1 aromatic heterocycles. The van der Waals surface area contributed by atoms with Crippen LogP contribution in [-0.4, -0.2) is 20.8 Å². The monoisotopic (exact) mass is 495 g/mol. The molecule has 0 aliphatic rings. The number of fused-ring (bicyclic) bond motifs is 1. The van der Waals surface area contributed by atoms with Crippen molar-refractivity contribution >= 4 is 23.4 Å². The molecule has 0 radical (unpaired) electrons. The number of rotatable bonds is 10. The molecular weight excluding hydrogens is 462 g/mol. The molecule has 0 spiro atoms. The molecule has 7 heteroatoms. The Balaban J connectivity index is 0.00000342. The molecule has 0 fully saturated rings. The zero-order chi connectivity index (χ0) is 24.1. The Morgan fingerprint density at radius 3 is 2.29 bits per heavy atom. The maximum Gasteiger partial charge on any atom is 0.328 e. The zero-order valence-electron chi connectivity index (χ0n) is 20.5. The molecule has 4 aromatic rings. The van der Waals surface area contributed by atoms with Gasteiger partial charge in [0.05, 0.1) is 11.0 Å². The molecule has 0 aliphatic heterocycles. The van der Waals surface area contributed by atoms with E-state index in [4.69, 9.17) is 4.74 Å². The Labute approximate surface area is 212 Å². The first-order valence-corrected chi connectivity index (χ1v) is 11.8. The second-order valence-electron chi connectivity index (χ2n) is 8.75. The van der Waals surface area contributed by atoms with Gasteiger partial charge in [0.15, 0.2) is 0 Å². The predicted octanol–water partition coefficient (Wildman–Crippen LogP) is 5.04. The minimum absolute atomic E-state index is 0.